The van der Waals surface area contributed by atoms with Crippen LogP contribution in [0.3, 0.4) is 0 Å². The van der Waals surface area contributed by atoms with Crippen molar-refractivity contribution in [1.82, 2.24) is 19.8 Å². The van der Waals surface area contributed by atoms with Crippen molar-refractivity contribution in [2.45, 2.75) is 0 Å². The van der Waals surface area contributed by atoms with E-state index in [9.17, 15) is 0 Å². The molecule has 0 atom stereocenters. The Morgan fingerprint density at radius 3 is 2.52 bits per heavy atom. The third-order valence-electron chi connectivity index (χ3n) is 3.73. The molecule has 6 nitrogen and oxygen atoms in total. The lowest BCUT2D eigenvalue weighted by molar-refractivity contribution is 0.415. The average molecular weight is 373 g/mol. The van der Waals surface area contributed by atoms with Crippen LogP contribution in [0.15, 0.2) is 42.5 Å². The third kappa shape index (κ3) is 2.81. The van der Waals surface area contributed by atoms with E-state index < -0.39 is 0 Å². The summed E-state index contributed by atoms with van der Waals surface area (Å²) in [7, 11) is 3.25. The summed E-state index contributed by atoms with van der Waals surface area (Å²) >= 11 is 7.59. The lowest BCUT2D eigenvalue weighted by atomic mass is 10.2. The maximum atomic E-state index is 6.13. The first-order valence-electron chi connectivity index (χ1n) is 7.40. The Morgan fingerprint density at radius 2 is 1.80 bits per heavy atom. The lowest BCUT2D eigenvalue weighted by Gasteiger charge is -2.06. The van der Waals surface area contributed by atoms with E-state index in [-0.39, 0.29) is 0 Å². The van der Waals surface area contributed by atoms with Crippen molar-refractivity contribution in [3.05, 3.63) is 47.5 Å². The Balaban J connectivity index is 1.82. The quantitative estimate of drug-likeness (QED) is 0.537. The van der Waals surface area contributed by atoms with E-state index in [1.165, 1.54) is 11.3 Å². The van der Waals surface area contributed by atoms with Gasteiger partial charge in [0.25, 0.3) is 0 Å². The molecule has 0 aliphatic rings. The molecule has 2 heterocycles. The van der Waals surface area contributed by atoms with Gasteiger partial charge in [-0.1, -0.05) is 22.9 Å². The zero-order chi connectivity index (χ0) is 17.4. The molecule has 0 saturated heterocycles. The fourth-order valence-corrected chi connectivity index (χ4v) is 3.51. The fourth-order valence-electron chi connectivity index (χ4n) is 2.49. The minimum Gasteiger partial charge on any atom is -0.497 e. The van der Waals surface area contributed by atoms with Gasteiger partial charge in [-0.3, -0.25) is 0 Å². The average Bonchev–Trinajstić information content (AvgIpc) is 3.22. The van der Waals surface area contributed by atoms with Gasteiger partial charge in [-0.25, -0.2) is 0 Å². The van der Waals surface area contributed by atoms with Gasteiger partial charge < -0.3 is 9.47 Å². The van der Waals surface area contributed by atoms with Gasteiger partial charge in [0.1, 0.15) is 16.5 Å². The minimum atomic E-state index is 0.588. The number of ether oxygens (including phenoxy) is 2. The predicted molar refractivity (Wildman–Crippen MR) is 97.6 cm³/mol. The van der Waals surface area contributed by atoms with Crippen LogP contribution >= 0.6 is 22.9 Å². The Kier molecular flexibility index (Phi) is 4.03. The maximum Gasteiger partial charge on any atom is 0.235 e. The largest absolute Gasteiger partial charge is 0.497 e. The highest BCUT2D eigenvalue weighted by Crippen LogP contribution is 2.34. The Morgan fingerprint density at radius 1 is 1.00 bits per heavy atom. The number of aromatic nitrogens is 4. The zero-order valence-electron chi connectivity index (χ0n) is 13.4. The number of halogens is 1. The third-order valence-corrected chi connectivity index (χ3v) is 4.91. The first kappa shape index (κ1) is 15.9. The molecule has 0 bridgehead atoms. The standard InChI is InChI=1S/C17H13ClN4O2S/c1-23-12-6-3-10(4-7-12)16-21-22-15(19-20-17(22)25-16)13-9-11(18)5-8-14(13)24-2/h3-9H,1-2H3. The second kappa shape index (κ2) is 6.34. The van der Waals surface area contributed by atoms with Crippen molar-refractivity contribution in [2.24, 2.45) is 0 Å². The second-order valence-electron chi connectivity index (χ2n) is 5.20. The van der Waals surface area contributed by atoms with Crippen molar-refractivity contribution < 1.29 is 9.47 Å². The van der Waals surface area contributed by atoms with Crippen molar-refractivity contribution in [3.8, 4) is 33.5 Å². The molecule has 0 fully saturated rings. The van der Waals surface area contributed by atoms with Crippen LogP contribution in [0.4, 0.5) is 0 Å². The van der Waals surface area contributed by atoms with E-state index in [1.807, 2.05) is 24.3 Å². The summed E-state index contributed by atoms with van der Waals surface area (Å²) in [5.74, 6) is 2.05. The SMILES string of the molecule is COc1ccc(-c2nn3c(-c4cc(Cl)ccc4OC)nnc3s2)cc1. The number of methoxy groups -OCH3 is 2. The molecule has 0 spiro atoms. The second-order valence-corrected chi connectivity index (χ2v) is 6.59. The normalized spacial score (nSPS) is 11.0. The summed E-state index contributed by atoms with van der Waals surface area (Å²) in [5.41, 5.74) is 1.73. The Hall–Kier alpha value is -2.64. The van der Waals surface area contributed by atoms with E-state index in [4.69, 9.17) is 21.1 Å². The van der Waals surface area contributed by atoms with Crippen molar-refractivity contribution in [3.63, 3.8) is 0 Å². The molecule has 8 heteroatoms. The molecule has 0 aliphatic carbocycles. The molecule has 25 heavy (non-hydrogen) atoms. The molecule has 126 valence electrons. The summed E-state index contributed by atoms with van der Waals surface area (Å²) in [6.45, 7) is 0. The van der Waals surface area contributed by atoms with Gasteiger partial charge in [-0.05, 0) is 42.5 Å². The van der Waals surface area contributed by atoms with Crippen LogP contribution in [0.25, 0.3) is 26.9 Å². The molecule has 0 N–H and O–H groups in total. The summed E-state index contributed by atoms with van der Waals surface area (Å²) in [6, 6.07) is 13.1. The fraction of sp³-hybridized carbons (Fsp3) is 0.118. The van der Waals surface area contributed by atoms with Crippen LogP contribution in [0.1, 0.15) is 0 Å². The van der Waals surface area contributed by atoms with Crippen LogP contribution in [0.2, 0.25) is 5.02 Å². The van der Waals surface area contributed by atoms with Crippen molar-refractivity contribution in [2.75, 3.05) is 14.2 Å². The zero-order valence-corrected chi connectivity index (χ0v) is 15.0. The molecule has 0 amide bonds. The number of benzene rings is 2. The van der Waals surface area contributed by atoms with Gasteiger partial charge in [0.05, 0.1) is 19.8 Å². The molecule has 0 radical (unpaired) electrons. The number of fused-ring (bicyclic) bond motifs is 1. The highest BCUT2D eigenvalue weighted by molar-refractivity contribution is 7.19. The van der Waals surface area contributed by atoms with Gasteiger partial charge in [0.15, 0.2) is 5.82 Å². The number of hydrogen-bond acceptors (Lipinski definition) is 6. The minimum absolute atomic E-state index is 0.588. The predicted octanol–water partition coefficient (Wildman–Crippen LogP) is 4.19. The first-order valence-corrected chi connectivity index (χ1v) is 8.59. The molecule has 4 aromatic rings. The number of rotatable bonds is 4. The number of nitrogens with zero attached hydrogens (tertiary/aromatic N) is 4. The summed E-state index contributed by atoms with van der Waals surface area (Å²) in [6.07, 6.45) is 0. The molecule has 0 aliphatic heterocycles. The first-order chi connectivity index (χ1) is 12.2. The molecule has 2 aromatic heterocycles. The smallest absolute Gasteiger partial charge is 0.235 e. The van der Waals surface area contributed by atoms with Gasteiger partial charge in [0, 0.05) is 10.6 Å². The topological polar surface area (TPSA) is 61.5 Å². The van der Waals surface area contributed by atoms with Gasteiger partial charge in [-0.15, -0.1) is 10.2 Å². The van der Waals surface area contributed by atoms with Crippen LogP contribution in [0.5, 0.6) is 11.5 Å². The maximum absolute atomic E-state index is 6.13. The molecule has 4 rings (SSSR count). The van der Waals surface area contributed by atoms with Crippen LogP contribution in [0, 0.1) is 0 Å². The number of hydrogen-bond donors (Lipinski definition) is 0. The van der Waals surface area contributed by atoms with E-state index in [0.717, 1.165) is 21.9 Å². The van der Waals surface area contributed by atoms with Gasteiger partial charge in [0.2, 0.25) is 4.96 Å². The van der Waals surface area contributed by atoms with Crippen LogP contribution in [-0.2, 0) is 0 Å². The highest BCUT2D eigenvalue weighted by Gasteiger charge is 2.18. The lowest BCUT2D eigenvalue weighted by Crippen LogP contribution is -1.94. The summed E-state index contributed by atoms with van der Waals surface area (Å²) in [5, 5.41) is 14.6. The summed E-state index contributed by atoms with van der Waals surface area (Å²) in [4.78, 5) is 0.697. The summed E-state index contributed by atoms with van der Waals surface area (Å²) < 4.78 is 12.3. The van der Waals surface area contributed by atoms with Crippen LogP contribution in [-0.4, -0.2) is 34.0 Å². The molecular weight excluding hydrogens is 360 g/mol. The van der Waals surface area contributed by atoms with Gasteiger partial charge in [-0.2, -0.15) is 9.61 Å². The highest BCUT2D eigenvalue weighted by atomic mass is 35.5. The van der Waals surface area contributed by atoms with E-state index in [1.54, 1.807) is 36.9 Å². The van der Waals surface area contributed by atoms with Crippen LogP contribution < -0.4 is 9.47 Å². The van der Waals surface area contributed by atoms with Crippen molar-refractivity contribution >= 4 is 27.9 Å². The molecular formula is C17H13ClN4O2S. The van der Waals surface area contributed by atoms with E-state index in [2.05, 4.69) is 15.3 Å². The monoisotopic (exact) mass is 372 g/mol. The Bertz CT molecular complexity index is 1040. The molecule has 0 unspecified atom stereocenters. The van der Waals surface area contributed by atoms with E-state index >= 15 is 0 Å². The molecule has 2 aromatic carbocycles. The Labute approximate surface area is 152 Å². The molecule has 0 saturated carbocycles. The van der Waals surface area contributed by atoms with Gasteiger partial charge >= 0.3 is 0 Å². The van der Waals surface area contributed by atoms with E-state index in [0.29, 0.717) is 21.6 Å². The van der Waals surface area contributed by atoms with Crippen molar-refractivity contribution in [1.29, 1.82) is 0 Å².